The Morgan fingerprint density at radius 3 is 1.23 bits per heavy atom. The fraction of sp³-hybridized carbons (Fsp3) is 0. The van der Waals surface area contributed by atoms with E-state index in [-0.39, 0.29) is 6.71 Å². The van der Waals surface area contributed by atoms with Gasteiger partial charge in [-0.1, -0.05) is 218 Å². The first-order chi connectivity index (χ1) is 41.2. The van der Waals surface area contributed by atoms with Crippen LogP contribution in [0.4, 0.5) is 34.1 Å². The summed E-state index contributed by atoms with van der Waals surface area (Å²) in [5, 5.41) is 4.94. The van der Waals surface area contributed by atoms with Crippen molar-refractivity contribution in [2.75, 3.05) is 9.80 Å². The summed E-state index contributed by atoms with van der Waals surface area (Å²) in [5.74, 6) is 0. The van der Waals surface area contributed by atoms with Gasteiger partial charge in [0.05, 0.1) is 22.4 Å². The second-order valence-corrected chi connectivity index (χ2v) is 23.0. The van der Waals surface area contributed by atoms with Gasteiger partial charge in [0.25, 0.3) is 6.71 Å². The largest absolute Gasteiger partial charge is 0.311 e. The Bertz CT molecular complexity index is 5000. The quantitative estimate of drug-likeness (QED) is 0.141. The van der Waals surface area contributed by atoms with Gasteiger partial charge in [0.2, 0.25) is 0 Å². The Kier molecular flexibility index (Phi) is 10.9. The van der Waals surface area contributed by atoms with E-state index in [1.54, 1.807) is 0 Å². The topological polar surface area (TPSA) is 11.4 Å². The molecule has 0 radical (unpaired) electrons. The molecule has 0 aliphatic carbocycles. The maximum absolute atomic E-state index is 2.63. The van der Waals surface area contributed by atoms with Crippen LogP contribution in [0.3, 0.4) is 0 Å². The number of rotatable bonds is 8. The van der Waals surface area contributed by atoms with Crippen LogP contribution < -0.4 is 26.2 Å². The van der Waals surface area contributed by atoms with E-state index in [0.717, 1.165) is 39.6 Å². The van der Waals surface area contributed by atoms with Crippen molar-refractivity contribution >= 4 is 111 Å². The van der Waals surface area contributed by atoms with Gasteiger partial charge < -0.3 is 14.4 Å². The van der Waals surface area contributed by atoms with E-state index in [1.165, 1.54) is 114 Å². The van der Waals surface area contributed by atoms with Crippen LogP contribution in [0.5, 0.6) is 0 Å². The molecule has 2 aromatic heterocycles. The van der Waals surface area contributed by atoms with Crippen LogP contribution in [0.1, 0.15) is 0 Å². The third-order valence-corrected chi connectivity index (χ3v) is 18.5. The van der Waals surface area contributed by atoms with Crippen LogP contribution in [-0.4, -0.2) is 11.3 Å². The summed E-state index contributed by atoms with van der Waals surface area (Å²) >= 11 is 1.90. The van der Waals surface area contributed by atoms with Gasteiger partial charge in [0.1, 0.15) is 0 Å². The molecule has 0 amide bonds. The van der Waals surface area contributed by atoms with Gasteiger partial charge in [-0.25, -0.2) is 0 Å². The van der Waals surface area contributed by atoms with Gasteiger partial charge in [0, 0.05) is 70.5 Å². The molecule has 0 atom stereocenters. The minimum absolute atomic E-state index is 0.170. The van der Waals surface area contributed by atoms with E-state index >= 15 is 0 Å². The maximum atomic E-state index is 2.63. The standard InChI is InChI=1S/C78H50BN3S/c1-7-23-51(24-8-1)56-39-41-70-62(43-56)63-47-72-66(49-71(63)80(70)59-33-17-6-18-34-59)79-67-50-77-65(64-44-57(40-42-76(64)83-77)52-25-9-2-10-26-52)48-73(67)82(69-38-22-20-36-61(69)55-31-15-5-16-32-55)75-46-58(53-27-11-3-12-28-53)45-74(78(75)79)81(72)68-37-21-19-35-60(68)54-29-13-4-14-30-54/h1-50H. The number of hydrogen-bond acceptors (Lipinski definition) is 3. The number of hydrogen-bond donors (Lipinski definition) is 0. The number of benzene rings is 13. The van der Waals surface area contributed by atoms with Crippen LogP contribution in [0.2, 0.25) is 0 Å². The monoisotopic (exact) mass is 1070 g/mol. The van der Waals surface area contributed by atoms with Crippen LogP contribution >= 0.6 is 11.3 Å². The highest BCUT2D eigenvalue weighted by atomic mass is 32.1. The lowest BCUT2D eigenvalue weighted by Gasteiger charge is -2.45. The predicted octanol–water partition coefficient (Wildman–Crippen LogP) is 19.6. The van der Waals surface area contributed by atoms with Crippen LogP contribution in [0, 0.1) is 0 Å². The lowest BCUT2D eigenvalue weighted by atomic mass is 9.33. The molecule has 5 heteroatoms. The predicted molar refractivity (Wildman–Crippen MR) is 355 cm³/mol. The molecule has 4 heterocycles. The molecule has 15 aromatic rings. The number of fused-ring (bicyclic) bond motifs is 10. The van der Waals surface area contributed by atoms with Crippen LogP contribution in [0.25, 0.3) is 103 Å². The van der Waals surface area contributed by atoms with Crippen molar-refractivity contribution in [2.24, 2.45) is 0 Å². The molecule has 3 nitrogen and oxygen atoms in total. The summed E-state index contributed by atoms with van der Waals surface area (Å²) in [7, 11) is 0. The van der Waals surface area contributed by atoms with Gasteiger partial charge in [-0.15, -0.1) is 11.3 Å². The van der Waals surface area contributed by atoms with Gasteiger partial charge >= 0.3 is 0 Å². The van der Waals surface area contributed by atoms with E-state index in [0.29, 0.717) is 0 Å². The zero-order valence-corrected chi connectivity index (χ0v) is 46.0. The summed E-state index contributed by atoms with van der Waals surface area (Å²) in [6.45, 7) is -0.170. The summed E-state index contributed by atoms with van der Waals surface area (Å²) in [6, 6.07) is 113. The van der Waals surface area contributed by atoms with E-state index in [9.17, 15) is 0 Å². The van der Waals surface area contributed by atoms with E-state index in [1.807, 2.05) is 11.3 Å². The number of anilines is 6. The van der Waals surface area contributed by atoms with Crippen molar-refractivity contribution in [3.63, 3.8) is 0 Å². The molecular weight excluding hydrogens is 1020 g/mol. The molecular formula is C78H50BN3S. The fourth-order valence-electron chi connectivity index (χ4n) is 13.6. The molecule has 0 N–H and O–H groups in total. The summed E-state index contributed by atoms with van der Waals surface area (Å²) in [4.78, 5) is 5.25. The summed E-state index contributed by atoms with van der Waals surface area (Å²) in [5.41, 5.74) is 26.0. The molecule has 386 valence electrons. The smallest absolute Gasteiger partial charge is 0.252 e. The van der Waals surface area contributed by atoms with Gasteiger partial charge in [0.15, 0.2) is 0 Å². The summed E-state index contributed by atoms with van der Waals surface area (Å²) in [6.07, 6.45) is 0. The molecule has 0 spiro atoms. The first kappa shape index (κ1) is 47.4. The lowest BCUT2D eigenvalue weighted by Crippen LogP contribution is -2.61. The SMILES string of the molecule is c1ccc(-c2cc3c4c(c2)N(c2ccccc2-c2ccccc2)c2cc5c6cc(-c7ccccc7)ccc6n(-c6ccccc6)c5cc2B4c2cc4sc5ccc(-c6ccccc6)cc5c4cc2N3c2ccccc2-c2ccccc2)cc1. The van der Waals surface area contributed by atoms with Crippen molar-refractivity contribution in [1.29, 1.82) is 0 Å². The highest BCUT2D eigenvalue weighted by Gasteiger charge is 2.45. The van der Waals surface area contributed by atoms with Gasteiger partial charge in [-0.05, 0) is 146 Å². The molecule has 0 saturated carbocycles. The molecule has 0 fully saturated rings. The molecule has 0 unspecified atom stereocenters. The second-order valence-electron chi connectivity index (χ2n) is 21.9. The highest BCUT2D eigenvalue weighted by molar-refractivity contribution is 7.26. The van der Waals surface area contributed by atoms with Crippen molar-refractivity contribution < 1.29 is 0 Å². The zero-order chi connectivity index (χ0) is 54.5. The third kappa shape index (κ3) is 7.59. The Balaban J connectivity index is 1.04. The van der Waals surface area contributed by atoms with Crippen LogP contribution in [0.15, 0.2) is 303 Å². The molecule has 0 saturated heterocycles. The molecule has 13 aromatic carbocycles. The number of nitrogens with zero attached hydrogens (tertiary/aromatic N) is 3. The number of thiophene rings is 1. The molecule has 2 aliphatic heterocycles. The second kappa shape index (κ2) is 19.1. The Hall–Kier alpha value is -10.5. The number of para-hydroxylation sites is 3. The average Bonchev–Trinajstić information content (AvgIpc) is 2.94. The first-order valence-electron chi connectivity index (χ1n) is 28.6. The van der Waals surface area contributed by atoms with E-state index in [4.69, 9.17) is 0 Å². The maximum Gasteiger partial charge on any atom is 0.252 e. The third-order valence-electron chi connectivity index (χ3n) is 17.3. The van der Waals surface area contributed by atoms with Gasteiger partial charge in [-0.2, -0.15) is 0 Å². The molecule has 0 bridgehead atoms. The van der Waals surface area contributed by atoms with E-state index < -0.39 is 0 Å². The van der Waals surface area contributed by atoms with Crippen molar-refractivity contribution in [2.45, 2.75) is 0 Å². The van der Waals surface area contributed by atoms with Crippen molar-refractivity contribution in [3.05, 3.63) is 303 Å². The first-order valence-corrected chi connectivity index (χ1v) is 29.4. The molecule has 83 heavy (non-hydrogen) atoms. The van der Waals surface area contributed by atoms with Crippen molar-refractivity contribution in [3.8, 4) is 61.3 Å². The van der Waals surface area contributed by atoms with E-state index in [2.05, 4.69) is 318 Å². The minimum Gasteiger partial charge on any atom is -0.311 e. The van der Waals surface area contributed by atoms with Crippen molar-refractivity contribution in [1.82, 2.24) is 4.57 Å². The Morgan fingerprint density at radius 2 is 0.675 bits per heavy atom. The Labute approximate surface area is 486 Å². The zero-order valence-electron chi connectivity index (χ0n) is 45.2. The summed E-state index contributed by atoms with van der Waals surface area (Å²) < 4.78 is 5.06. The minimum atomic E-state index is -0.170. The average molecular weight is 1070 g/mol. The molecule has 17 rings (SSSR count). The normalized spacial score (nSPS) is 12.5. The fourth-order valence-corrected chi connectivity index (χ4v) is 14.7. The molecule has 2 aliphatic rings. The highest BCUT2D eigenvalue weighted by Crippen LogP contribution is 2.52. The lowest BCUT2D eigenvalue weighted by molar-refractivity contribution is 1.18. The van der Waals surface area contributed by atoms with Gasteiger partial charge in [-0.3, -0.25) is 0 Å². The Morgan fingerprint density at radius 1 is 0.253 bits per heavy atom. The number of aromatic nitrogens is 1. The van der Waals surface area contributed by atoms with Crippen LogP contribution in [-0.2, 0) is 0 Å².